The van der Waals surface area contributed by atoms with Crippen molar-refractivity contribution in [2.24, 2.45) is 0 Å². The van der Waals surface area contributed by atoms with Gasteiger partial charge in [0.1, 0.15) is 5.82 Å². The van der Waals surface area contributed by atoms with Crippen molar-refractivity contribution in [3.8, 4) is 0 Å². The molecule has 1 amide bonds. The van der Waals surface area contributed by atoms with Crippen LogP contribution in [-0.2, 0) is 11.3 Å². The number of hydrogen-bond donors (Lipinski definition) is 0. The Balaban J connectivity index is 2.00. The summed E-state index contributed by atoms with van der Waals surface area (Å²) in [6.07, 6.45) is 0. The van der Waals surface area contributed by atoms with Crippen LogP contribution in [0.5, 0.6) is 0 Å². The highest BCUT2D eigenvalue weighted by Crippen LogP contribution is 2.35. The zero-order valence-electron chi connectivity index (χ0n) is 10.6. The second-order valence-corrected chi connectivity index (χ2v) is 5.86. The Hall–Kier alpha value is -1.72. The summed E-state index contributed by atoms with van der Waals surface area (Å²) in [7, 11) is 0. The standard InChI is InChI=1S/C15H8BrClFNO2/c16-9-2-1-3-12-13(9)14(20)15(21)19(12)7-8-4-5-10(17)11(18)6-8/h1-6H,7H2. The average Bonchev–Trinajstić information content (AvgIpc) is 2.69. The van der Waals surface area contributed by atoms with Crippen LogP contribution in [0.1, 0.15) is 15.9 Å². The van der Waals surface area contributed by atoms with E-state index < -0.39 is 17.5 Å². The molecule has 21 heavy (non-hydrogen) atoms. The Morgan fingerprint density at radius 3 is 2.67 bits per heavy atom. The number of Topliss-reactive ketones (excluding diaryl/α,β-unsaturated/α-hetero) is 1. The lowest BCUT2D eigenvalue weighted by Gasteiger charge is -2.16. The summed E-state index contributed by atoms with van der Waals surface area (Å²) in [4.78, 5) is 25.5. The van der Waals surface area contributed by atoms with Gasteiger partial charge in [0.15, 0.2) is 0 Å². The number of anilines is 1. The number of rotatable bonds is 2. The second kappa shape index (κ2) is 5.24. The van der Waals surface area contributed by atoms with Crippen molar-refractivity contribution in [2.45, 2.75) is 6.54 Å². The van der Waals surface area contributed by atoms with Gasteiger partial charge in [-0.05, 0) is 45.8 Å². The van der Waals surface area contributed by atoms with Gasteiger partial charge in [-0.15, -0.1) is 0 Å². The SMILES string of the molecule is O=C1C(=O)N(Cc2ccc(Cl)c(F)c2)c2cccc(Br)c21. The van der Waals surface area contributed by atoms with E-state index >= 15 is 0 Å². The lowest BCUT2D eigenvalue weighted by atomic mass is 10.1. The fourth-order valence-electron chi connectivity index (χ4n) is 2.28. The molecule has 0 aromatic heterocycles. The molecule has 1 aliphatic rings. The first-order chi connectivity index (χ1) is 9.99. The third kappa shape index (κ3) is 2.36. The molecule has 1 aliphatic heterocycles. The molecule has 2 aromatic carbocycles. The van der Waals surface area contributed by atoms with Gasteiger partial charge in [0, 0.05) is 4.47 Å². The molecule has 1 heterocycles. The number of carbonyl (C=O) groups excluding carboxylic acids is 2. The quantitative estimate of drug-likeness (QED) is 0.752. The third-order valence-corrected chi connectivity index (χ3v) is 4.24. The van der Waals surface area contributed by atoms with E-state index in [1.54, 1.807) is 24.3 Å². The van der Waals surface area contributed by atoms with Crippen LogP contribution in [-0.4, -0.2) is 11.7 Å². The van der Waals surface area contributed by atoms with E-state index in [1.807, 2.05) is 0 Å². The van der Waals surface area contributed by atoms with Crippen LogP contribution in [0.4, 0.5) is 10.1 Å². The second-order valence-electron chi connectivity index (χ2n) is 4.60. The molecule has 0 unspecified atom stereocenters. The molecule has 0 radical (unpaired) electrons. The maximum atomic E-state index is 13.5. The Morgan fingerprint density at radius 2 is 1.95 bits per heavy atom. The van der Waals surface area contributed by atoms with E-state index in [0.717, 1.165) is 0 Å². The van der Waals surface area contributed by atoms with E-state index in [2.05, 4.69) is 15.9 Å². The zero-order chi connectivity index (χ0) is 15.1. The van der Waals surface area contributed by atoms with E-state index in [1.165, 1.54) is 17.0 Å². The fourth-order valence-corrected chi connectivity index (χ4v) is 2.93. The number of amides is 1. The van der Waals surface area contributed by atoms with E-state index in [4.69, 9.17) is 11.6 Å². The van der Waals surface area contributed by atoms with E-state index in [-0.39, 0.29) is 11.6 Å². The zero-order valence-corrected chi connectivity index (χ0v) is 12.9. The van der Waals surface area contributed by atoms with Crippen LogP contribution >= 0.6 is 27.5 Å². The van der Waals surface area contributed by atoms with Gasteiger partial charge in [-0.2, -0.15) is 0 Å². The largest absolute Gasteiger partial charge is 0.300 e. The molecule has 0 saturated carbocycles. The summed E-state index contributed by atoms with van der Waals surface area (Å²) in [6, 6.07) is 9.44. The lowest BCUT2D eigenvalue weighted by Crippen LogP contribution is -2.29. The van der Waals surface area contributed by atoms with Crippen molar-refractivity contribution in [1.82, 2.24) is 0 Å². The minimum atomic E-state index is -0.618. The van der Waals surface area contributed by atoms with Gasteiger partial charge < -0.3 is 4.90 Å². The summed E-state index contributed by atoms with van der Waals surface area (Å²) in [6.45, 7) is 0.113. The number of hydrogen-bond acceptors (Lipinski definition) is 2. The highest BCUT2D eigenvalue weighted by atomic mass is 79.9. The summed E-state index contributed by atoms with van der Waals surface area (Å²) in [5, 5.41) is 0.0192. The highest BCUT2D eigenvalue weighted by molar-refractivity contribution is 9.10. The first-order valence-electron chi connectivity index (χ1n) is 6.07. The molecule has 0 spiro atoms. The Morgan fingerprint density at radius 1 is 1.19 bits per heavy atom. The molecule has 2 aromatic rings. The summed E-state index contributed by atoms with van der Waals surface area (Å²) >= 11 is 8.91. The van der Waals surface area contributed by atoms with Crippen LogP contribution in [0.2, 0.25) is 5.02 Å². The van der Waals surface area contributed by atoms with E-state index in [0.29, 0.717) is 21.3 Å². The first kappa shape index (κ1) is 14.2. The molecule has 3 rings (SSSR count). The number of benzene rings is 2. The van der Waals surface area contributed by atoms with Crippen LogP contribution in [0.15, 0.2) is 40.9 Å². The smallest absolute Gasteiger partial charge is 0.299 e. The van der Waals surface area contributed by atoms with Crippen molar-refractivity contribution in [1.29, 1.82) is 0 Å². The predicted molar refractivity (Wildman–Crippen MR) is 81.1 cm³/mol. The minimum absolute atomic E-state index is 0.0192. The number of carbonyl (C=O) groups is 2. The van der Waals surface area contributed by atoms with Gasteiger partial charge in [-0.3, -0.25) is 9.59 Å². The molecule has 0 bridgehead atoms. The number of fused-ring (bicyclic) bond motifs is 1. The Labute approximate surface area is 133 Å². The molecule has 6 heteroatoms. The average molecular weight is 369 g/mol. The van der Waals surface area contributed by atoms with Crippen LogP contribution in [0.25, 0.3) is 0 Å². The van der Waals surface area contributed by atoms with Gasteiger partial charge in [0.25, 0.3) is 11.7 Å². The molecular formula is C15H8BrClFNO2. The highest BCUT2D eigenvalue weighted by Gasteiger charge is 2.37. The molecule has 0 saturated heterocycles. The van der Waals surface area contributed by atoms with Gasteiger partial charge in [0.2, 0.25) is 0 Å². The molecule has 0 atom stereocenters. The maximum absolute atomic E-state index is 13.5. The summed E-state index contributed by atoms with van der Waals surface area (Å²) < 4.78 is 14.0. The van der Waals surface area contributed by atoms with Crippen LogP contribution in [0.3, 0.4) is 0 Å². The van der Waals surface area contributed by atoms with Crippen molar-refractivity contribution in [3.63, 3.8) is 0 Å². The van der Waals surface area contributed by atoms with E-state index in [9.17, 15) is 14.0 Å². The van der Waals surface area contributed by atoms with Crippen molar-refractivity contribution in [2.75, 3.05) is 4.90 Å². The molecule has 0 N–H and O–H groups in total. The molecule has 0 aliphatic carbocycles. The maximum Gasteiger partial charge on any atom is 0.299 e. The molecule has 3 nitrogen and oxygen atoms in total. The molecule has 0 fully saturated rings. The summed E-state index contributed by atoms with van der Waals surface area (Å²) in [5.74, 6) is -1.74. The number of halogens is 3. The number of ketones is 1. The lowest BCUT2D eigenvalue weighted by molar-refractivity contribution is -0.114. The van der Waals surface area contributed by atoms with Crippen molar-refractivity contribution >= 4 is 44.9 Å². The predicted octanol–water partition coefficient (Wildman–Crippen LogP) is 3.97. The molecule has 106 valence electrons. The minimum Gasteiger partial charge on any atom is -0.300 e. The van der Waals surface area contributed by atoms with Gasteiger partial charge in [0.05, 0.1) is 22.8 Å². The first-order valence-corrected chi connectivity index (χ1v) is 7.25. The third-order valence-electron chi connectivity index (χ3n) is 3.27. The van der Waals surface area contributed by atoms with Crippen molar-refractivity contribution < 1.29 is 14.0 Å². The number of nitrogens with zero attached hydrogens (tertiary/aromatic N) is 1. The summed E-state index contributed by atoms with van der Waals surface area (Å²) in [5.41, 5.74) is 1.43. The van der Waals surface area contributed by atoms with Gasteiger partial charge in [-0.25, -0.2) is 4.39 Å². The fraction of sp³-hybridized carbons (Fsp3) is 0.0667. The van der Waals surface area contributed by atoms with Crippen molar-refractivity contribution in [3.05, 3.63) is 62.8 Å². The monoisotopic (exact) mass is 367 g/mol. The Kier molecular flexibility index (Phi) is 3.55. The topological polar surface area (TPSA) is 37.4 Å². The van der Waals surface area contributed by atoms with Crippen LogP contribution in [0, 0.1) is 5.82 Å². The van der Waals surface area contributed by atoms with Crippen LogP contribution < -0.4 is 4.90 Å². The van der Waals surface area contributed by atoms with Gasteiger partial charge in [-0.1, -0.05) is 23.7 Å². The molecular weight excluding hydrogens is 361 g/mol. The Bertz CT molecular complexity index is 778. The normalized spacial score (nSPS) is 13.8. The van der Waals surface area contributed by atoms with Gasteiger partial charge >= 0.3 is 0 Å².